The monoisotopic (exact) mass is 360 g/mol. The van der Waals surface area contributed by atoms with Gasteiger partial charge in [-0.25, -0.2) is 0 Å². The van der Waals surface area contributed by atoms with Crippen LogP contribution in [-0.2, 0) is 0 Å². The summed E-state index contributed by atoms with van der Waals surface area (Å²) >= 11 is 0. The molecule has 1 aromatic carbocycles. The molecule has 26 heavy (non-hydrogen) atoms. The van der Waals surface area contributed by atoms with Crippen molar-refractivity contribution in [2.45, 2.75) is 124 Å². The van der Waals surface area contributed by atoms with Gasteiger partial charge in [0.1, 0.15) is 5.75 Å². The van der Waals surface area contributed by atoms with E-state index < -0.39 is 0 Å². The molecule has 150 valence electrons. The Labute approximate surface area is 163 Å². The molecule has 1 N–H and O–H groups in total. The molecule has 0 spiro atoms. The van der Waals surface area contributed by atoms with E-state index in [4.69, 9.17) is 0 Å². The van der Waals surface area contributed by atoms with Crippen LogP contribution in [-0.4, -0.2) is 5.11 Å². The highest BCUT2D eigenvalue weighted by Crippen LogP contribution is 2.33. The molecule has 0 aromatic heterocycles. The van der Waals surface area contributed by atoms with E-state index in [1.165, 1.54) is 95.5 Å². The van der Waals surface area contributed by atoms with Gasteiger partial charge in [-0.15, -0.1) is 0 Å². The lowest BCUT2D eigenvalue weighted by Crippen LogP contribution is -1.97. The van der Waals surface area contributed by atoms with Crippen molar-refractivity contribution >= 4 is 0 Å². The first-order valence-corrected chi connectivity index (χ1v) is 11.4. The highest BCUT2D eigenvalue weighted by atomic mass is 16.3. The lowest BCUT2D eigenvalue weighted by Gasteiger charge is -2.16. The van der Waals surface area contributed by atoms with Crippen LogP contribution in [0.25, 0.3) is 0 Å². The van der Waals surface area contributed by atoms with Crippen LogP contribution in [0.4, 0.5) is 0 Å². The maximum atomic E-state index is 10.3. The molecular formula is C25H44O. The molecule has 1 atom stereocenters. The number of phenols is 1. The first-order chi connectivity index (χ1) is 12.6. The summed E-state index contributed by atoms with van der Waals surface area (Å²) in [5, 5.41) is 10.3. The first-order valence-electron chi connectivity index (χ1n) is 11.4. The Bertz CT molecular complexity index is 477. The number of aromatic hydroxyl groups is 1. The smallest absolute Gasteiger partial charge is 0.121 e. The number of hydrogen-bond acceptors (Lipinski definition) is 1. The molecule has 0 radical (unpaired) electrons. The second-order valence-electron chi connectivity index (χ2n) is 8.45. The summed E-state index contributed by atoms with van der Waals surface area (Å²) in [6, 6.07) is 4.23. The molecule has 0 heterocycles. The molecule has 0 aliphatic heterocycles. The number of rotatable bonds is 15. The van der Waals surface area contributed by atoms with Crippen LogP contribution in [0.3, 0.4) is 0 Å². The molecule has 1 unspecified atom stereocenters. The minimum absolute atomic E-state index is 0.460. The number of aryl methyl sites for hydroxylation is 2. The van der Waals surface area contributed by atoms with Crippen molar-refractivity contribution in [1.29, 1.82) is 0 Å². The molecule has 1 aromatic rings. The van der Waals surface area contributed by atoms with Crippen molar-refractivity contribution in [3.8, 4) is 5.75 Å². The molecule has 1 heteroatoms. The average Bonchev–Trinajstić information content (AvgIpc) is 2.61. The average molecular weight is 361 g/mol. The van der Waals surface area contributed by atoms with Crippen LogP contribution < -0.4 is 0 Å². The summed E-state index contributed by atoms with van der Waals surface area (Å²) in [6.45, 7) is 8.67. The Morgan fingerprint density at radius 2 is 1.19 bits per heavy atom. The highest BCUT2D eigenvalue weighted by Gasteiger charge is 2.12. The molecule has 0 aliphatic carbocycles. The van der Waals surface area contributed by atoms with E-state index in [9.17, 15) is 5.11 Å². The molecule has 0 saturated carbocycles. The summed E-state index contributed by atoms with van der Waals surface area (Å²) in [6.07, 6.45) is 19.4. The van der Waals surface area contributed by atoms with E-state index in [1.54, 1.807) is 0 Å². The summed E-state index contributed by atoms with van der Waals surface area (Å²) < 4.78 is 0. The van der Waals surface area contributed by atoms with Crippen molar-refractivity contribution in [2.24, 2.45) is 0 Å². The van der Waals surface area contributed by atoms with Gasteiger partial charge in [-0.3, -0.25) is 0 Å². The molecule has 1 nitrogen and oxygen atoms in total. The van der Waals surface area contributed by atoms with Gasteiger partial charge in [0.15, 0.2) is 0 Å². The van der Waals surface area contributed by atoms with Crippen molar-refractivity contribution in [1.82, 2.24) is 0 Å². The van der Waals surface area contributed by atoms with Gasteiger partial charge in [0.2, 0.25) is 0 Å². The zero-order chi connectivity index (χ0) is 19.2. The third-order valence-corrected chi connectivity index (χ3v) is 5.75. The van der Waals surface area contributed by atoms with Gasteiger partial charge >= 0.3 is 0 Å². The Kier molecular flexibility index (Phi) is 12.5. The van der Waals surface area contributed by atoms with Crippen molar-refractivity contribution in [3.63, 3.8) is 0 Å². The summed E-state index contributed by atoms with van der Waals surface area (Å²) in [5.41, 5.74) is 3.41. The van der Waals surface area contributed by atoms with Gasteiger partial charge in [-0.2, -0.15) is 0 Å². The number of hydrogen-bond donors (Lipinski definition) is 1. The predicted octanol–water partition coefficient (Wildman–Crippen LogP) is 8.59. The SMILES string of the molecule is CCCCCCCCCCCCCCCC(C)c1cc(C)cc(C)c1O. The third-order valence-electron chi connectivity index (χ3n) is 5.75. The molecular weight excluding hydrogens is 316 g/mol. The Morgan fingerprint density at radius 1 is 0.731 bits per heavy atom. The lowest BCUT2D eigenvalue weighted by molar-refractivity contribution is 0.453. The fourth-order valence-corrected chi connectivity index (χ4v) is 3.99. The van der Waals surface area contributed by atoms with Gasteiger partial charge in [-0.1, -0.05) is 115 Å². The minimum atomic E-state index is 0.460. The molecule has 0 fully saturated rings. The number of benzene rings is 1. The summed E-state index contributed by atoms with van der Waals surface area (Å²) in [4.78, 5) is 0. The molecule has 0 saturated heterocycles. The maximum absolute atomic E-state index is 10.3. The maximum Gasteiger partial charge on any atom is 0.121 e. The van der Waals surface area contributed by atoms with E-state index in [1.807, 2.05) is 6.92 Å². The molecule has 0 aliphatic rings. The van der Waals surface area contributed by atoms with Crippen LogP contribution in [0.5, 0.6) is 5.75 Å². The predicted molar refractivity (Wildman–Crippen MR) is 116 cm³/mol. The fourth-order valence-electron chi connectivity index (χ4n) is 3.99. The second-order valence-corrected chi connectivity index (χ2v) is 8.45. The second kappa shape index (κ2) is 14.1. The van der Waals surface area contributed by atoms with Gasteiger partial charge < -0.3 is 5.11 Å². The minimum Gasteiger partial charge on any atom is -0.507 e. The number of phenolic OH excluding ortho intramolecular Hbond substituents is 1. The van der Waals surface area contributed by atoms with E-state index in [2.05, 4.69) is 32.9 Å². The number of unbranched alkanes of at least 4 members (excludes halogenated alkanes) is 12. The summed E-state index contributed by atoms with van der Waals surface area (Å²) in [7, 11) is 0. The lowest BCUT2D eigenvalue weighted by atomic mass is 9.91. The van der Waals surface area contributed by atoms with Gasteiger partial charge in [0, 0.05) is 0 Å². The van der Waals surface area contributed by atoms with Crippen LogP contribution in [0.15, 0.2) is 12.1 Å². The zero-order valence-corrected chi connectivity index (χ0v) is 18.1. The van der Waals surface area contributed by atoms with Crippen LogP contribution in [0.1, 0.15) is 126 Å². The fraction of sp³-hybridized carbons (Fsp3) is 0.760. The quantitative estimate of drug-likeness (QED) is 0.310. The van der Waals surface area contributed by atoms with Crippen LogP contribution >= 0.6 is 0 Å². The molecule has 0 bridgehead atoms. The van der Waals surface area contributed by atoms with Crippen molar-refractivity contribution in [3.05, 3.63) is 28.8 Å². The molecule has 0 amide bonds. The van der Waals surface area contributed by atoms with E-state index in [-0.39, 0.29) is 0 Å². The zero-order valence-electron chi connectivity index (χ0n) is 18.1. The Hall–Kier alpha value is -0.980. The highest BCUT2D eigenvalue weighted by molar-refractivity contribution is 5.44. The van der Waals surface area contributed by atoms with Gasteiger partial charge in [-0.05, 0) is 37.3 Å². The van der Waals surface area contributed by atoms with Crippen molar-refractivity contribution < 1.29 is 5.11 Å². The Morgan fingerprint density at radius 3 is 1.69 bits per heavy atom. The largest absolute Gasteiger partial charge is 0.507 e. The first kappa shape index (κ1) is 23.1. The summed E-state index contributed by atoms with van der Waals surface area (Å²) in [5.74, 6) is 0.971. The normalized spacial score (nSPS) is 12.5. The standard InChI is InChI=1S/C25H44O/c1-5-6-7-8-9-10-11-12-13-14-15-16-17-18-22(3)24-20-21(2)19-23(4)25(24)26/h19-20,22,26H,5-18H2,1-4H3. The van der Waals surface area contributed by atoms with Gasteiger partial charge in [0.05, 0.1) is 0 Å². The van der Waals surface area contributed by atoms with Crippen LogP contribution in [0, 0.1) is 13.8 Å². The third kappa shape index (κ3) is 9.64. The van der Waals surface area contributed by atoms with E-state index in [0.29, 0.717) is 11.7 Å². The topological polar surface area (TPSA) is 20.2 Å². The van der Waals surface area contributed by atoms with E-state index in [0.717, 1.165) is 11.1 Å². The van der Waals surface area contributed by atoms with Gasteiger partial charge in [0.25, 0.3) is 0 Å². The molecule has 1 rings (SSSR count). The Balaban J connectivity index is 2.01. The van der Waals surface area contributed by atoms with E-state index >= 15 is 0 Å². The van der Waals surface area contributed by atoms with Crippen molar-refractivity contribution in [2.75, 3.05) is 0 Å². The van der Waals surface area contributed by atoms with Crippen LogP contribution in [0.2, 0.25) is 0 Å².